The molecule has 0 radical (unpaired) electrons. The van der Waals surface area contributed by atoms with Crippen LogP contribution in [-0.2, 0) is 0 Å². The second-order valence-corrected chi connectivity index (χ2v) is 5.35. The number of nitrogens with one attached hydrogen (secondary N) is 2. The highest BCUT2D eigenvalue weighted by Gasteiger charge is 2.44. The fourth-order valence-corrected chi connectivity index (χ4v) is 3.27. The molecule has 4 heteroatoms. The van der Waals surface area contributed by atoms with Gasteiger partial charge in [-0.1, -0.05) is 6.42 Å². The van der Waals surface area contributed by atoms with E-state index in [-0.39, 0.29) is 17.3 Å². The molecule has 1 unspecified atom stereocenters. The highest BCUT2D eigenvalue weighted by molar-refractivity contribution is 5.38. The topological polar surface area (TPSA) is 33.3 Å². The van der Waals surface area contributed by atoms with Gasteiger partial charge in [0.2, 0.25) is 0 Å². The predicted molar refractivity (Wildman–Crippen MR) is 75.0 cm³/mol. The number of methoxy groups -OCH3 is 1. The van der Waals surface area contributed by atoms with Crippen molar-refractivity contribution in [2.75, 3.05) is 27.7 Å². The Morgan fingerprint density at radius 3 is 2.58 bits per heavy atom. The van der Waals surface area contributed by atoms with Gasteiger partial charge in [0.15, 0.2) is 0 Å². The molecule has 19 heavy (non-hydrogen) atoms. The minimum Gasteiger partial charge on any atom is -0.496 e. The molecular weight excluding hydrogens is 243 g/mol. The zero-order chi connectivity index (χ0) is 13.9. The molecule has 0 spiro atoms. The Morgan fingerprint density at radius 1 is 1.37 bits per heavy atom. The lowest BCUT2D eigenvalue weighted by Gasteiger charge is -2.48. The average molecular weight is 266 g/mol. The van der Waals surface area contributed by atoms with Crippen LogP contribution < -0.4 is 15.4 Å². The molecule has 0 aromatic heterocycles. The molecule has 0 aliphatic heterocycles. The first-order valence-electron chi connectivity index (χ1n) is 6.82. The van der Waals surface area contributed by atoms with E-state index in [0.717, 1.165) is 30.7 Å². The van der Waals surface area contributed by atoms with Gasteiger partial charge in [-0.2, -0.15) is 0 Å². The van der Waals surface area contributed by atoms with Gasteiger partial charge in [-0.3, -0.25) is 0 Å². The standard InChI is InChI=1S/C15H23FN2O/c1-17-10-15(7-4-8-15)14(18-2)12-9-11(16)5-6-13(12)19-3/h5-6,9,14,17-18H,4,7-8,10H2,1-3H3. The first-order chi connectivity index (χ1) is 9.16. The van der Waals surface area contributed by atoms with Crippen molar-refractivity contribution in [1.29, 1.82) is 0 Å². The Kier molecular flexibility index (Phi) is 4.42. The molecule has 1 fully saturated rings. The number of rotatable bonds is 6. The lowest BCUT2D eigenvalue weighted by Crippen LogP contribution is -2.48. The molecule has 1 aliphatic rings. The van der Waals surface area contributed by atoms with Gasteiger partial charge in [-0.05, 0) is 45.1 Å². The van der Waals surface area contributed by atoms with Gasteiger partial charge in [0.05, 0.1) is 7.11 Å². The van der Waals surface area contributed by atoms with Crippen molar-refractivity contribution >= 4 is 0 Å². The van der Waals surface area contributed by atoms with Gasteiger partial charge < -0.3 is 15.4 Å². The summed E-state index contributed by atoms with van der Waals surface area (Å²) < 4.78 is 19.0. The van der Waals surface area contributed by atoms with Gasteiger partial charge >= 0.3 is 0 Å². The van der Waals surface area contributed by atoms with E-state index in [9.17, 15) is 4.39 Å². The minimum absolute atomic E-state index is 0.111. The van der Waals surface area contributed by atoms with E-state index < -0.39 is 0 Å². The molecule has 1 aromatic carbocycles. The van der Waals surface area contributed by atoms with Crippen molar-refractivity contribution in [2.24, 2.45) is 5.41 Å². The smallest absolute Gasteiger partial charge is 0.123 e. The van der Waals surface area contributed by atoms with Crippen LogP contribution in [-0.4, -0.2) is 27.7 Å². The Hall–Kier alpha value is -1.13. The fourth-order valence-electron chi connectivity index (χ4n) is 3.27. The first-order valence-corrected chi connectivity index (χ1v) is 6.82. The van der Waals surface area contributed by atoms with Crippen LogP contribution >= 0.6 is 0 Å². The quantitative estimate of drug-likeness (QED) is 0.830. The van der Waals surface area contributed by atoms with Crippen molar-refractivity contribution in [3.8, 4) is 5.75 Å². The number of ether oxygens (including phenoxy) is 1. The summed E-state index contributed by atoms with van der Waals surface area (Å²) in [6.45, 7) is 0.929. The second-order valence-electron chi connectivity index (χ2n) is 5.35. The van der Waals surface area contributed by atoms with Crippen LogP contribution in [0.2, 0.25) is 0 Å². The Bertz CT molecular complexity index is 432. The zero-order valence-corrected chi connectivity index (χ0v) is 11.9. The van der Waals surface area contributed by atoms with E-state index in [4.69, 9.17) is 4.74 Å². The summed E-state index contributed by atoms with van der Waals surface area (Å²) in [5.74, 6) is 0.540. The van der Waals surface area contributed by atoms with Gasteiger partial charge in [-0.15, -0.1) is 0 Å². The van der Waals surface area contributed by atoms with E-state index in [1.165, 1.54) is 12.5 Å². The first kappa shape index (κ1) is 14.3. The Labute approximate surface area is 114 Å². The highest BCUT2D eigenvalue weighted by atomic mass is 19.1. The van der Waals surface area contributed by atoms with Crippen molar-refractivity contribution < 1.29 is 9.13 Å². The van der Waals surface area contributed by atoms with E-state index in [1.807, 2.05) is 14.1 Å². The van der Waals surface area contributed by atoms with Gasteiger partial charge in [-0.25, -0.2) is 4.39 Å². The molecule has 1 aliphatic carbocycles. The van der Waals surface area contributed by atoms with E-state index >= 15 is 0 Å². The average Bonchev–Trinajstić information content (AvgIpc) is 2.37. The Morgan fingerprint density at radius 2 is 2.11 bits per heavy atom. The monoisotopic (exact) mass is 266 g/mol. The molecule has 0 amide bonds. The number of halogens is 1. The summed E-state index contributed by atoms with van der Waals surface area (Å²) >= 11 is 0. The third-order valence-corrected chi connectivity index (χ3v) is 4.28. The summed E-state index contributed by atoms with van der Waals surface area (Å²) in [4.78, 5) is 0. The fraction of sp³-hybridized carbons (Fsp3) is 0.600. The van der Waals surface area contributed by atoms with E-state index in [2.05, 4.69) is 10.6 Å². The summed E-state index contributed by atoms with van der Waals surface area (Å²) in [5, 5.41) is 6.63. The van der Waals surface area contributed by atoms with Crippen molar-refractivity contribution in [3.05, 3.63) is 29.6 Å². The second kappa shape index (κ2) is 5.88. The molecule has 106 valence electrons. The molecule has 1 atom stereocenters. The van der Waals surface area contributed by atoms with Crippen LogP contribution in [0.4, 0.5) is 4.39 Å². The summed E-state index contributed by atoms with van der Waals surface area (Å²) in [7, 11) is 5.54. The maximum absolute atomic E-state index is 13.6. The van der Waals surface area contributed by atoms with Crippen molar-refractivity contribution in [2.45, 2.75) is 25.3 Å². The normalized spacial score (nSPS) is 18.7. The number of benzene rings is 1. The lowest BCUT2D eigenvalue weighted by atomic mass is 9.62. The molecule has 0 saturated heterocycles. The summed E-state index contributed by atoms with van der Waals surface area (Å²) in [5.41, 5.74) is 1.07. The Balaban J connectivity index is 2.38. The summed E-state index contributed by atoms with van der Waals surface area (Å²) in [6.07, 6.45) is 3.54. The van der Waals surface area contributed by atoms with Crippen molar-refractivity contribution in [1.82, 2.24) is 10.6 Å². The zero-order valence-electron chi connectivity index (χ0n) is 11.9. The third kappa shape index (κ3) is 2.60. The molecular formula is C15H23FN2O. The SMILES string of the molecule is CNCC1(C(NC)c2cc(F)ccc2OC)CCC1. The molecule has 3 nitrogen and oxygen atoms in total. The predicted octanol–water partition coefficient (Wildman–Crippen LogP) is 2.48. The van der Waals surface area contributed by atoms with Crippen LogP contribution in [0, 0.1) is 11.2 Å². The lowest BCUT2D eigenvalue weighted by molar-refractivity contribution is 0.0774. The molecule has 0 bridgehead atoms. The number of hydrogen-bond acceptors (Lipinski definition) is 3. The molecule has 1 aromatic rings. The molecule has 0 heterocycles. The molecule has 2 N–H and O–H groups in total. The minimum atomic E-state index is -0.213. The summed E-state index contributed by atoms with van der Waals surface area (Å²) in [6, 6.07) is 4.86. The van der Waals surface area contributed by atoms with Gasteiger partial charge in [0, 0.05) is 23.6 Å². The highest BCUT2D eigenvalue weighted by Crippen LogP contribution is 2.51. The molecule has 1 saturated carbocycles. The van der Waals surface area contributed by atoms with Crippen LogP contribution in [0.25, 0.3) is 0 Å². The van der Waals surface area contributed by atoms with Crippen LogP contribution in [0.15, 0.2) is 18.2 Å². The largest absolute Gasteiger partial charge is 0.496 e. The third-order valence-electron chi connectivity index (χ3n) is 4.28. The van der Waals surface area contributed by atoms with Crippen LogP contribution in [0.1, 0.15) is 30.9 Å². The van der Waals surface area contributed by atoms with E-state index in [1.54, 1.807) is 19.2 Å². The van der Waals surface area contributed by atoms with Gasteiger partial charge in [0.25, 0.3) is 0 Å². The number of hydrogen-bond donors (Lipinski definition) is 2. The molecule has 2 rings (SSSR count). The maximum Gasteiger partial charge on any atom is 0.123 e. The van der Waals surface area contributed by atoms with Crippen LogP contribution in [0.3, 0.4) is 0 Å². The van der Waals surface area contributed by atoms with Crippen molar-refractivity contribution in [3.63, 3.8) is 0 Å². The van der Waals surface area contributed by atoms with Gasteiger partial charge in [0.1, 0.15) is 11.6 Å². The maximum atomic E-state index is 13.6. The van der Waals surface area contributed by atoms with Crippen LogP contribution in [0.5, 0.6) is 5.75 Å². The van der Waals surface area contributed by atoms with E-state index in [0.29, 0.717) is 0 Å².